The van der Waals surface area contributed by atoms with Crippen molar-refractivity contribution < 1.29 is 0 Å². The Morgan fingerprint density at radius 2 is 1.92 bits per heavy atom. The van der Waals surface area contributed by atoms with Crippen molar-refractivity contribution in [2.24, 2.45) is 0 Å². The average Bonchev–Trinajstić information content (AvgIpc) is 2.15. The molecule has 0 aliphatic heterocycles. The summed E-state index contributed by atoms with van der Waals surface area (Å²) < 4.78 is 0. The maximum Gasteiger partial charge on any atom is -0.000723 e. The third-order valence-corrected chi connectivity index (χ3v) is 1.99. The van der Waals surface area contributed by atoms with E-state index in [1.165, 1.54) is 5.56 Å². The molecular weight excluding hydrogens is 156 g/mol. The fourth-order valence-corrected chi connectivity index (χ4v) is 1.18. The van der Waals surface area contributed by atoms with Crippen LogP contribution in [0, 0.1) is 0 Å². The smallest absolute Gasteiger partial charge is 0.000723 e. The largest absolute Gasteiger partial charge is 0.0961 e. The first-order chi connectivity index (χ1) is 6.20. The second kappa shape index (κ2) is 4.66. The molecule has 1 unspecified atom stereocenters. The topological polar surface area (TPSA) is 0 Å². The van der Waals surface area contributed by atoms with Crippen LogP contribution in [0.3, 0.4) is 0 Å². The fraction of sp³-hybridized carbons (Fsp3) is 0.231. The van der Waals surface area contributed by atoms with Crippen LogP contribution in [-0.4, -0.2) is 0 Å². The molecule has 0 amide bonds. The van der Waals surface area contributed by atoms with Crippen LogP contribution in [0.25, 0.3) is 0 Å². The molecule has 0 N–H and O–H groups in total. The highest BCUT2D eigenvalue weighted by molar-refractivity contribution is 5.25. The minimum absolute atomic E-state index is 0.470. The van der Waals surface area contributed by atoms with Gasteiger partial charge < -0.3 is 0 Å². The van der Waals surface area contributed by atoms with Gasteiger partial charge in [-0.2, -0.15) is 0 Å². The van der Waals surface area contributed by atoms with Crippen LogP contribution >= 0.6 is 0 Å². The van der Waals surface area contributed by atoms with Gasteiger partial charge in [-0.1, -0.05) is 61.6 Å². The van der Waals surface area contributed by atoms with Crippen LogP contribution in [-0.2, 0) is 0 Å². The lowest BCUT2D eigenvalue weighted by Crippen LogP contribution is -1.87. The summed E-state index contributed by atoms with van der Waals surface area (Å²) in [5, 5.41) is 0. The highest BCUT2D eigenvalue weighted by Crippen LogP contribution is 2.16. The molecule has 0 spiro atoms. The number of rotatable bonds is 3. The molecule has 1 rings (SSSR count). The molecule has 1 aromatic rings. The van der Waals surface area contributed by atoms with Gasteiger partial charge in [0.1, 0.15) is 0 Å². The Bertz CT molecular complexity index is 293. The Morgan fingerprint density at radius 1 is 1.31 bits per heavy atom. The van der Waals surface area contributed by atoms with Crippen molar-refractivity contribution in [2.45, 2.75) is 19.8 Å². The summed E-state index contributed by atoms with van der Waals surface area (Å²) >= 11 is 0. The summed E-state index contributed by atoms with van der Waals surface area (Å²) in [5.41, 5.74) is 2.45. The van der Waals surface area contributed by atoms with Crippen molar-refractivity contribution >= 4 is 0 Å². The van der Waals surface area contributed by atoms with E-state index >= 15 is 0 Å². The van der Waals surface area contributed by atoms with E-state index in [4.69, 9.17) is 0 Å². The molecular formula is C13H16. The van der Waals surface area contributed by atoms with Gasteiger partial charge in [0.15, 0.2) is 0 Å². The highest BCUT2D eigenvalue weighted by atomic mass is 14.0. The SMILES string of the molecule is C=C(C)/C=C/C(C)c1ccccc1. The summed E-state index contributed by atoms with van der Waals surface area (Å²) in [7, 11) is 0. The van der Waals surface area contributed by atoms with E-state index in [9.17, 15) is 0 Å². The van der Waals surface area contributed by atoms with Crippen LogP contribution in [0.5, 0.6) is 0 Å². The molecule has 0 aliphatic rings. The molecule has 0 fully saturated rings. The van der Waals surface area contributed by atoms with E-state index in [1.807, 2.05) is 13.0 Å². The lowest BCUT2D eigenvalue weighted by Gasteiger charge is -2.05. The Labute approximate surface area is 80.6 Å². The van der Waals surface area contributed by atoms with E-state index in [0.29, 0.717) is 5.92 Å². The lowest BCUT2D eigenvalue weighted by atomic mass is 10.0. The lowest BCUT2D eigenvalue weighted by molar-refractivity contribution is 0.966. The van der Waals surface area contributed by atoms with Crippen LogP contribution < -0.4 is 0 Å². The van der Waals surface area contributed by atoms with Gasteiger partial charge in [0.05, 0.1) is 0 Å². The molecule has 0 bridgehead atoms. The molecule has 0 aliphatic carbocycles. The minimum atomic E-state index is 0.470. The number of hydrogen-bond acceptors (Lipinski definition) is 0. The Hall–Kier alpha value is -1.30. The van der Waals surface area contributed by atoms with Gasteiger partial charge in [0, 0.05) is 0 Å². The predicted molar refractivity (Wildman–Crippen MR) is 58.8 cm³/mol. The maximum atomic E-state index is 3.83. The van der Waals surface area contributed by atoms with Crippen molar-refractivity contribution in [3.63, 3.8) is 0 Å². The molecule has 0 nitrogen and oxygen atoms in total. The van der Waals surface area contributed by atoms with E-state index in [-0.39, 0.29) is 0 Å². The monoisotopic (exact) mass is 172 g/mol. The number of benzene rings is 1. The van der Waals surface area contributed by atoms with E-state index in [0.717, 1.165) is 5.57 Å². The van der Waals surface area contributed by atoms with Crippen LogP contribution in [0.4, 0.5) is 0 Å². The number of allylic oxidation sites excluding steroid dienone is 3. The first-order valence-electron chi connectivity index (χ1n) is 4.59. The van der Waals surface area contributed by atoms with Gasteiger partial charge in [0.2, 0.25) is 0 Å². The maximum absolute atomic E-state index is 3.83. The third-order valence-electron chi connectivity index (χ3n) is 1.99. The molecule has 0 aromatic heterocycles. The molecule has 0 saturated carbocycles. The predicted octanol–water partition coefficient (Wildman–Crippen LogP) is 3.92. The van der Waals surface area contributed by atoms with Crippen LogP contribution in [0.2, 0.25) is 0 Å². The van der Waals surface area contributed by atoms with Gasteiger partial charge >= 0.3 is 0 Å². The van der Waals surface area contributed by atoms with Crippen molar-refractivity contribution in [1.29, 1.82) is 0 Å². The Kier molecular flexibility index (Phi) is 3.51. The zero-order chi connectivity index (χ0) is 9.68. The molecule has 1 atom stereocenters. The van der Waals surface area contributed by atoms with Gasteiger partial charge in [-0.15, -0.1) is 0 Å². The molecule has 0 heterocycles. The van der Waals surface area contributed by atoms with Crippen molar-refractivity contribution in [2.75, 3.05) is 0 Å². The third kappa shape index (κ3) is 3.29. The molecule has 68 valence electrons. The van der Waals surface area contributed by atoms with Crippen LogP contribution in [0.1, 0.15) is 25.3 Å². The molecule has 0 radical (unpaired) electrons. The highest BCUT2D eigenvalue weighted by Gasteiger charge is 1.98. The first kappa shape index (κ1) is 9.79. The van der Waals surface area contributed by atoms with Crippen molar-refractivity contribution in [3.05, 3.63) is 60.2 Å². The van der Waals surface area contributed by atoms with Gasteiger partial charge in [-0.05, 0) is 18.4 Å². The van der Waals surface area contributed by atoms with E-state index in [1.54, 1.807) is 0 Å². The molecule has 1 aromatic carbocycles. The van der Waals surface area contributed by atoms with Gasteiger partial charge in [-0.25, -0.2) is 0 Å². The number of hydrogen-bond donors (Lipinski definition) is 0. The summed E-state index contributed by atoms with van der Waals surface area (Å²) in [6, 6.07) is 10.5. The normalized spacial score (nSPS) is 13.1. The van der Waals surface area contributed by atoms with Gasteiger partial charge in [-0.3, -0.25) is 0 Å². The van der Waals surface area contributed by atoms with E-state index < -0.39 is 0 Å². The summed E-state index contributed by atoms with van der Waals surface area (Å²) in [6.45, 7) is 8.03. The van der Waals surface area contributed by atoms with Crippen molar-refractivity contribution in [3.8, 4) is 0 Å². The van der Waals surface area contributed by atoms with Gasteiger partial charge in [0.25, 0.3) is 0 Å². The Morgan fingerprint density at radius 3 is 2.46 bits per heavy atom. The summed E-state index contributed by atoms with van der Waals surface area (Å²) in [4.78, 5) is 0. The van der Waals surface area contributed by atoms with E-state index in [2.05, 4.69) is 49.9 Å². The summed E-state index contributed by atoms with van der Waals surface area (Å²) in [6.07, 6.45) is 4.25. The zero-order valence-corrected chi connectivity index (χ0v) is 8.33. The zero-order valence-electron chi connectivity index (χ0n) is 8.33. The molecule has 0 heteroatoms. The minimum Gasteiger partial charge on any atom is -0.0961 e. The second-order valence-corrected chi connectivity index (χ2v) is 3.40. The second-order valence-electron chi connectivity index (χ2n) is 3.40. The fourth-order valence-electron chi connectivity index (χ4n) is 1.18. The average molecular weight is 172 g/mol. The molecule has 0 saturated heterocycles. The Balaban J connectivity index is 2.69. The quantitative estimate of drug-likeness (QED) is 0.606. The standard InChI is InChI=1S/C13H16/c1-11(2)9-10-12(3)13-7-5-4-6-8-13/h4-10,12H,1H2,2-3H3/b10-9+. The first-order valence-corrected chi connectivity index (χ1v) is 4.59. The summed E-state index contributed by atoms with van der Waals surface area (Å²) in [5.74, 6) is 0.470. The molecule has 13 heavy (non-hydrogen) atoms. The van der Waals surface area contributed by atoms with Crippen LogP contribution in [0.15, 0.2) is 54.6 Å². The van der Waals surface area contributed by atoms with Crippen molar-refractivity contribution in [1.82, 2.24) is 0 Å².